The van der Waals surface area contributed by atoms with Crippen LogP contribution in [0.2, 0.25) is 0 Å². The second-order valence-electron chi connectivity index (χ2n) is 5.07. The van der Waals surface area contributed by atoms with Gasteiger partial charge in [0.2, 0.25) is 0 Å². The van der Waals surface area contributed by atoms with E-state index in [0.717, 1.165) is 18.6 Å². The predicted molar refractivity (Wildman–Crippen MR) is 86.8 cm³/mol. The van der Waals surface area contributed by atoms with E-state index in [1.807, 2.05) is 0 Å². The van der Waals surface area contributed by atoms with E-state index in [9.17, 15) is 4.79 Å². The highest BCUT2D eigenvalue weighted by Crippen LogP contribution is 2.20. The smallest absolute Gasteiger partial charge is 0.322 e. The van der Waals surface area contributed by atoms with Gasteiger partial charge in [0.1, 0.15) is 5.75 Å². The number of hydrogen-bond donors (Lipinski definition) is 1. The van der Waals surface area contributed by atoms with E-state index < -0.39 is 0 Å². The first kappa shape index (κ1) is 15.8. The van der Waals surface area contributed by atoms with E-state index in [1.165, 1.54) is 6.26 Å². The van der Waals surface area contributed by atoms with E-state index >= 15 is 0 Å². The predicted octanol–water partition coefficient (Wildman–Crippen LogP) is 3.76. The summed E-state index contributed by atoms with van der Waals surface area (Å²) < 4.78 is 16.1. The van der Waals surface area contributed by atoms with Gasteiger partial charge < -0.3 is 13.6 Å². The van der Waals surface area contributed by atoms with Crippen LogP contribution in [0.4, 0.5) is 6.01 Å². The fourth-order valence-electron chi connectivity index (χ4n) is 1.98. The average Bonchev–Trinajstić information content (AvgIpc) is 3.27. The monoisotopic (exact) mass is 327 g/mol. The Labute approximate surface area is 138 Å². The summed E-state index contributed by atoms with van der Waals surface area (Å²) in [4.78, 5) is 12.2. The number of ether oxygens (including phenoxy) is 1. The topological polar surface area (TPSA) is 90.4 Å². The zero-order valence-electron chi connectivity index (χ0n) is 13.2. The minimum atomic E-state index is -0.343. The van der Waals surface area contributed by atoms with Crippen LogP contribution in [0.5, 0.6) is 5.75 Å². The number of carbonyl (C=O) groups excluding carboxylic acids is 1. The van der Waals surface area contributed by atoms with Crippen LogP contribution in [0, 0.1) is 0 Å². The molecule has 0 bridgehead atoms. The summed E-state index contributed by atoms with van der Waals surface area (Å²) in [6, 6.07) is 10.3. The second kappa shape index (κ2) is 7.45. The number of nitrogens with one attached hydrogen (secondary N) is 1. The summed E-state index contributed by atoms with van der Waals surface area (Å²) in [6.45, 7) is 2.77. The number of furan rings is 1. The van der Waals surface area contributed by atoms with Gasteiger partial charge in [0, 0.05) is 5.56 Å². The number of amides is 1. The van der Waals surface area contributed by atoms with E-state index in [4.69, 9.17) is 13.6 Å². The largest absolute Gasteiger partial charge is 0.494 e. The van der Waals surface area contributed by atoms with Gasteiger partial charge >= 0.3 is 6.01 Å². The molecule has 0 saturated heterocycles. The summed E-state index contributed by atoms with van der Waals surface area (Å²) in [5.74, 6) is 1.04. The summed E-state index contributed by atoms with van der Waals surface area (Å²) in [7, 11) is 0. The maximum atomic E-state index is 12.2. The molecule has 1 N–H and O–H groups in total. The Morgan fingerprint density at radius 2 is 2.04 bits per heavy atom. The Morgan fingerprint density at radius 3 is 2.75 bits per heavy atom. The minimum Gasteiger partial charge on any atom is -0.494 e. The van der Waals surface area contributed by atoms with Crippen molar-refractivity contribution >= 4 is 11.9 Å². The highest BCUT2D eigenvalue weighted by atomic mass is 16.5. The van der Waals surface area contributed by atoms with Gasteiger partial charge in [-0.1, -0.05) is 18.4 Å². The molecule has 3 aromatic rings. The first-order valence-electron chi connectivity index (χ1n) is 7.68. The highest BCUT2D eigenvalue weighted by molar-refractivity contribution is 6.03. The van der Waals surface area contributed by atoms with Crippen LogP contribution >= 0.6 is 0 Å². The standard InChI is InChI=1S/C17H17N3O4/c1-2-3-10-22-13-8-6-12(7-9-13)15(21)18-17-20-19-16(24-17)14-5-4-11-23-14/h4-9,11H,2-3,10H2,1H3,(H,18,20,21). The summed E-state index contributed by atoms with van der Waals surface area (Å²) in [5.41, 5.74) is 0.468. The van der Waals surface area contributed by atoms with Crippen molar-refractivity contribution in [2.24, 2.45) is 0 Å². The van der Waals surface area contributed by atoms with Crippen molar-refractivity contribution in [3.8, 4) is 17.4 Å². The van der Waals surface area contributed by atoms with Gasteiger partial charge in [0.15, 0.2) is 5.76 Å². The molecule has 0 aliphatic carbocycles. The number of hydrogen-bond acceptors (Lipinski definition) is 6. The van der Waals surface area contributed by atoms with Crippen LogP contribution in [0.25, 0.3) is 11.7 Å². The molecule has 0 aliphatic rings. The normalized spacial score (nSPS) is 10.5. The Hall–Kier alpha value is -3.09. The molecule has 124 valence electrons. The van der Waals surface area contributed by atoms with Gasteiger partial charge in [-0.05, 0) is 42.8 Å². The molecule has 0 saturated carbocycles. The van der Waals surface area contributed by atoms with Gasteiger partial charge in [-0.25, -0.2) is 0 Å². The van der Waals surface area contributed by atoms with Crippen LogP contribution in [-0.4, -0.2) is 22.7 Å². The van der Waals surface area contributed by atoms with E-state index in [1.54, 1.807) is 36.4 Å². The quantitative estimate of drug-likeness (QED) is 0.664. The van der Waals surface area contributed by atoms with Crippen molar-refractivity contribution in [3.05, 3.63) is 48.2 Å². The van der Waals surface area contributed by atoms with E-state index in [-0.39, 0.29) is 17.8 Å². The van der Waals surface area contributed by atoms with Crippen molar-refractivity contribution in [2.45, 2.75) is 19.8 Å². The lowest BCUT2D eigenvalue weighted by atomic mass is 10.2. The number of carbonyl (C=O) groups is 1. The Morgan fingerprint density at radius 1 is 1.21 bits per heavy atom. The molecule has 2 heterocycles. The SMILES string of the molecule is CCCCOc1ccc(C(=O)Nc2nnc(-c3ccco3)o2)cc1. The Bertz CT molecular complexity index is 779. The molecule has 7 heteroatoms. The molecule has 2 aromatic heterocycles. The van der Waals surface area contributed by atoms with Crippen LogP contribution in [0.15, 0.2) is 51.5 Å². The number of aromatic nitrogens is 2. The average molecular weight is 327 g/mol. The molecule has 24 heavy (non-hydrogen) atoms. The summed E-state index contributed by atoms with van der Waals surface area (Å²) >= 11 is 0. The Balaban J connectivity index is 1.60. The molecule has 3 rings (SSSR count). The number of unbranched alkanes of at least 4 members (excludes halogenated alkanes) is 1. The molecule has 0 spiro atoms. The third-order valence-electron chi connectivity index (χ3n) is 3.26. The molecule has 0 radical (unpaired) electrons. The van der Waals surface area contributed by atoms with Gasteiger partial charge in [0.25, 0.3) is 11.8 Å². The van der Waals surface area contributed by atoms with Crippen LogP contribution < -0.4 is 10.1 Å². The van der Waals surface area contributed by atoms with Crippen molar-refractivity contribution in [1.29, 1.82) is 0 Å². The van der Waals surface area contributed by atoms with E-state index in [0.29, 0.717) is 17.9 Å². The number of nitrogens with zero attached hydrogens (tertiary/aromatic N) is 2. The van der Waals surface area contributed by atoms with Crippen LogP contribution in [0.3, 0.4) is 0 Å². The number of rotatable bonds is 7. The van der Waals surface area contributed by atoms with Gasteiger partial charge in [0.05, 0.1) is 12.9 Å². The van der Waals surface area contributed by atoms with E-state index in [2.05, 4.69) is 22.4 Å². The first-order valence-corrected chi connectivity index (χ1v) is 7.68. The maximum Gasteiger partial charge on any atom is 0.322 e. The van der Waals surface area contributed by atoms with Gasteiger partial charge in [-0.3, -0.25) is 10.1 Å². The first-order chi connectivity index (χ1) is 11.8. The van der Waals surface area contributed by atoms with Gasteiger partial charge in [-0.2, -0.15) is 0 Å². The molecule has 1 aromatic carbocycles. The maximum absolute atomic E-state index is 12.2. The molecule has 1 amide bonds. The fourth-order valence-corrected chi connectivity index (χ4v) is 1.98. The zero-order chi connectivity index (χ0) is 16.8. The molecular weight excluding hydrogens is 310 g/mol. The molecule has 0 unspecified atom stereocenters. The number of benzene rings is 1. The third-order valence-corrected chi connectivity index (χ3v) is 3.26. The zero-order valence-corrected chi connectivity index (χ0v) is 13.2. The molecular formula is C17H17N3O4. The van der Waals surface area contributed by atoms with Gasteiger partial charge in [-0.15, -0.1) is 5.10 Å². The summed E-state index contributed by atoms with van der Waals surface area (Å²) in [6.07, 6.45) is 3.57. The lowest BCUT2D eigenvalue weighted by Gasteiger charge is -2.06. The fraction of sp³-hybridized carbons (Fsp3) is 0.235. The van der Waals surface area contributed by atoms with Crippen molar-refractivity contribution in [1.82, 2.24) is 10.2 Å². The van der Waals surface area contributed by atoms with Crippen LogP contribution in [0.1, 0.15) is 30.1 Å². The highest BCUT2D eigenvalue weighted by Gasteiger charge is 2.14. The second-order valence-corrected chi connectivity index (χ2v) is 5.07. The summed E-state index contributed by atoms with van der Waals surface area (Å²) in [5, 5.41) is 10.1. The molecule has 0 fully saturated rings. The lowest BCUT2D eigenvalue weighted by Crippen LogP contribution is -2.12. The third kappa shape index (κ3) is 3.81. The minimum absolute atomic E-state index is 0.00896. The molecule has 7 nitrogen and oxygen atoms in total. The van der Waals surface area contributed by atoms with Crippen molar-refractivity contribution in [3.63, 3.8) is 0 Å². The van der Waals surface area contributed by atoms with Crippen LogP contribution in [-0.2, 0) is 0 Å². The number of anilines is 1. The Kier molecular flexibility index (Phi) is 4.90. The van der Waals surface area contributed by atoms with Crippen molar-refractivity contribution in [2.75, 3.05) is 11.9 Å². The molecule has 0 atom stereocenters. The molecule has 0 aliphatic heterocycles. The lowest BCUT2D eigenvalue weighted by molar-refractivity contribution is 0.102. The van der Waals surface area contributed by atoms with Crippen molar-refractivity contribution < 1.29 is 18.4 Å².